The predicted octanol–water partition coefficient (Wildman–Crippen LogP) is 2.70. The van der Waals surface area contributed by atoms with Gasteiger partial charge in [-0.3, -0.25) is 0 Å². The van der Waals surface area contributed by atoms with Crippen LogP contribution in [0.25, 0.3) is 0 Å². The van der Waals surface area contributed by atoms with Gasteiger partial charge in [0.25, 0.3) is 0 Å². The van der Waals surface area contributed by atoms with Gasteiger partial charge in [0.2, 0.25) is 0 Å². The van der Waals surface area contributed by atoms with E-state index in [4.69, 9.17) is 5.26 Å². The Labute approximate surface area is 77.0 Å². The predicted molar refractivity (Wildman–Crippen MR) is 53.9 cm³/mol. The summed E-state index contributed by atoms with van der Waals surface area (Å²) in [7, 11) is 0. The minimum atomic E-state index is 0.625. The van der Waals surface area contributed by atoms with Crippen molar-refractivity contribution in [3.8, 4) is 6.07 Å². The van der Waals surface area contributed by atoms with Gasteiger partial charge in [0.15, 0.2) is 0 Å². The Hall–Kier alpha value is -0.550. The minimum Gasteiger partial charge on any atom is -0.312 e. The summed E-state index contributed by atoms with van der Waals surface area (Å²) in [6, 6.07) is 3.27. The number of nitrogens with zero attached hydrogens (tertiary/aromatic N) is 1. The maximum absolute atomic E-state index is 7.82. The fourth-order valence-corrected chi connectivity index (χ4v) is 0.778. The summed E-state index contributed by atoms with van der Waals surface area (Å²) in [6.45, 7) is 10.6. The van der Waals surface area contributed by atoms with Crippen LogP contribution in [0.15, 0.2) is 0 Å². The summed E-state index contributed by atoms with van der Waals surface area (Å²) in [4.78, 5) is 0. The number of nitriles is 1. The van der Waals surface area contributed by atoms with Gasteiger partial charge in [-0.25, -0.2) is 0 Å². The van der Waals surface area contributed by atoms with Crippen LogP contribution in [0.3, 0.4) is 0 Å². The second-order valence-corrected chi connectivity index (χ2v) is 3.38. The number of nitrogens with one attached hydrogen (secondary N) is 1. The Morgan fingerprint density at radius 2 is 1.58 bits per heavy atom. The molecule has 0 rings (SSSR count). The van der Waals surface area contributed by atoms with Crippen LogP contribution in [0.2, 0.25) is 0 Å². The van der Waals surface area contributed by atoms with Gasteiger partial charge < -0.3 is 5.32 Å². The van der Waals surface area contributed by atoms with Gasteiger partial charge in [-0.05, 0) is 6.42 Å². The van der Waals surface area contributed by atoms with E-state index in [1.807, 2.05) is 13.0 Å². The zero-order chi connectivity index (χ0) is 9.98. The van der Waals surface area contributed by atoms with E-state index in [1.54, 1.807) is 0 Å². The molecule has 12 heavy (non-hydrogen) atoms. The molecule has 0 aliphatic heterocycles. The summed E-state index contributed by atoms with van der Waals surface area (Å²) in [5.41, 5.74) is 0. The van der Waals surface area contributed by atoms with E-state index in [2.05, 4.69) is 33.0 Å². The van der Waals surface area contributed by atoms with E-state index in [9.17, 15) is 0 Å². The largest absolute Gasteiger partial charge is 0.312 e. The number of hydrogen-bond donors (Lipinski definition) is 1. The fourth-order valence-electron chi connectivity index (χ4n) is 0.778. The Kier molecular flexibility index (Phi) is 12.2. The molecule has 0 saturated heterocycles. The summed E-state index contributed by atoms with van der Waals surface area (Å²) in [5.74, 6) is 0. The molecule has 0 saturated carbocycles. The van der Waals surface area contributed by atoms with E-state index in [1.165, 1.54) is 0 Å². The molecule has 1 N–H and O–H groups in total. The first kappa shape index (κ1) is 14.0. The Morgan fingerprint density at radius 1 is 1.17 bits per heavy atom. The van der Waals surface area contributed by atoms with E-state index in [0.29, 0.717) is 18.5 Å². The van der Waals surface area contributed by atoms with E-state index in [0.717, 1.165) is 6.42 Å². The molecule has 0 aromatic rings. The molecule has 0 unspecified atom stereocenters. The molecule has 0 aliphatic carbocycles. The molecule has 0 spiro atoms. The second kappa shape index (κ2) is 10.4. The van der Waals surface area contributed by atoms with Gasteiger partial charge in [-0.15, -0.1) is 0 Å². The lowest BCUT2D eigenvalue weighted by Crippen LogP contribution is -2.29. The first-order valence-corrected chi connectivity index (χ1v) is 4.67. The molecule has 0 atom stereocenters. The second-order valence-electron chi connectivity index (χ2n) is 3.38. The van der Waals surface area contributed by atoms with Gasteiger partial charge in [0.05, 0.1) is 6.07 Å². The summed E-state index contributed by atoms with van der Waals surface area (Å²) < 4.78 is 0. The molecule has 0 amide bonds. The first-order chi connectivity index (χ1) is 5.54. The van der Waals surface area contributed by atoms with Crippen LogP contribution in [0.1, 0.15) is 47.5 Å². The lowest BCUT2D eigenvalue weighted by molar-refractivity contribution is 0.518. The van der Waals surface area contributed by atoms with Crippen LogP contribution in [0.5, 0.6) is 0 Å². The zero-order valence-electron chi connectivity index (χ0n) is 9.02. The van der Waals surface area contributed by atoms with Gasteiger partial charge in [-0.2, -0.15) is 5.26 Å². The van der Waals surface area contributed by atoms with Gasteiger partial charge >= 0.3 is 0 Å². The Morgan fingerprint density at radius 3 is 1.58 bits per heavy atom. The molecule has 0 aliphatic rings. The first-order valence-electron chi connectivity index (χ1n) is 4.67. The molecule has 0 heterocycles. The van der Waals surface area contributed by atoms with E-state index >= 15 is 0 Å². The molecule has 0 aromatic heterocycles. The van der Waals surface area contributed by atoms with Crippen LogP contribution >= 0.6 is 0 Å². The maximum atomic E-state index is 7.82. The van der Waals surface area contributed by atoms with Crippen LogP contribution in [-0.2, 0) is 0 Å². The van der Waals surface area contributed by atoms with Crippen molar-refractivity contribution in [3.05, 3.63) is 0 Å². The summed E-state index contributed by atoms with van der Waals surface area (Å²) in [6.07, 6.45) is 1.68. The molecule has 0 radical (unpaired) electrons. The summed E-state index contributed by atoms with van der Waals surface area (Å²) in [5, 5.41) is 11.1. The highest BCUT2D eigenvalue weighted by Gasteiger charge is 1.92. The Bertz CT molecular complexity index is 105. The van der Waals surface area contributed by atoms with Gasteiger partial charge in [-0.1, -0.05) is 34.6 Å². The highest BCUT2D eigenvalue weighted by atomic mass is 14.9. The van der Waals surface area contributed by atoms with Crippen molar-refractivity contribution in [3.63, 3.8) is 0 Å². The van der Waals surface area contributed by atoms with Crippen molar-refractivity contribution in [1.82, 2.24) is 5.32 Å². The molecule has 0 fully saturated rings. The quantitative estimate of drug-likeness (QED) is 0.707. The lowest BCUT2D eigenvalue weighted by atomic mass is 10.3. The standard InChI is InChI=1S/C6H15N.C4H7N/c1-5(2)7-6(3)4;1-2-3-4-5/h5-7H,1-4H3;2-3H2,1H3. The fraction of sp³-hybridized carbons (Fsp3) is 0.900. The molecule has 2 heteroatoms. The minimum absolute atomic E-state index is 0.625. The van der Waals surface area contributed by atoms with Crippen molar-refractivity contribution in [2.24, 2.45) is 0 Å². The Balaban J connectivity index is 0. The highest BCUT2D eigenvalue weighted by molar-refractivity contribution is 4.65. The number of unbranched alkanes of at least 4 members (excludes halogenated alkanes) is 1. The van der Waals surface area contributed by atoms with Crippen molar-refractivity contribution in [2.75, 3.05) is 0 Å². The van der Waals surface area contributed by atoms with Crippen LogP contribution in [0, 0.1) is 11.3 Å². The monoisotopic (exact) mass is 170 g/mol. The van der Waals surface area contributed by atoms with Crippen molar-refractivity contribution < 1.29 is 0 Å². The number of hydrogen-bond acceptors (Lipinski definition) is 2. The van der Waals surface area contributed by atoms with Gasteiger partial charge in [0.1, 0.15) is 0 Å². The maximum Gasteiger partial charge on any atom is 0.0621 e. The third-order valence-electron chi connectivity index (χ3n) is 1.03. The average molecular weight is 170 g/mol. The SMILES string of the molecule is CC(C)NC(C)C.CCCC#N. The molecule has 72 valence electrons. The topological polar surface area (TPSA) is 35.8 Å². The van der Waals surface area contributed by atoms with Crippen molar-refractivity contribution in [1.29, 1.82) is 5.26 Å². The van der Waals surface area contributed by atoms with Crippen LogP contribution in [-0.4, -0.2) is 12.1 Å². The third kappa shape index (κ3) is 22.7. The summed E-state index contributed by atoms with van der Waals surface area (Å²) >= 11 is 0. The molecule has 0 bridgehead atoms. The average Bonchev–Trinajstić information content (AvgIpc) is 1.87. The molecular weight excluding hydrogens is 148 g/mol. The van der Waals surface area contributed by atoms with Crippen molar-refractivity contribution in [2.45, 2.75) is 59.5 Å². The highest BCUT2D eigenvalue weighted by Crippen LogP contribution is 1.80. The van der Waals surface area contributed by atoms with E-state index in [-0.39, 0.29) is 0 Å². The normalized spacial score (nSPS) is 9.17. The molecule has 0 aromatic carbocycles. The lowest BCUT2D eigenvalue weighted by Gasteiger charge is -2.10. The smallest absolute Gasteiger partial charge is 0.0621 e. The van der Waals surface area contributed by atoms with Crippen LogP contribution in [0.4, 0.5) is 0 Å². The van der Waals surface area contributed by atoms with E-state index < -0.39 is 0 Å². The molecule has 2 nitrogen and oxygen atoms in total. The van der Waals surface area contributed by atoms with Crippen LogP contribution < -0.4 is 5.32 Å². The number of rotatable bonds is 3. The van der Waals surface area contributed by atoms with Crippen molar-refractivity contribution >= 4 is 0 Å². The zero-order valence-corrected chi connectivity index (χ0v) is 9.02. The van der Waals surface area contributed by atoms with Gasteiger partial charge in [0, 0.05) is 18.5 Å². The third-order valence-corrected chi connectivity index (χ3v) is 1.03. The molecular formula is C10H22N2.